The predicted molar refractivity (Wildman–Crippen MR) is 77.5 cm³/mol. The fraction of sp³-hybridized carbons (Fsp3) is 0.533. The molecule has 1 N–H and O–H groups in total. The van der Waals surface area contributed by atoms with Gasteiger partial charge in [-0.1, -0.05) is 26.0 Å². The molecule has 1 rings (SSSR count). The Morgan fingerprint density at radius 1 is 1.23 bits per heavy atom. The lowest BCUT2D eigenvalue weighted by atomic mass is 10.2. The number of nitrogens with zero attached hydrogens (tertiary/aromatic N) is 1. The summed E-state index contributed by atoms with van der Waals surface area (Å²) in [6.45, 7) is 4.29. The number of nitrogens with one attached hydrogen (secondary N) is 1. The molecule has 0 bridgehead atoms. The van der Waals surface area contributed by atoms with Crippen molar-refractivity contribution >= 4 is 6.03 Å². The third-order valence-electron chi connectivity index (χ3n) is 3.24. The first-order valence-electron chi connectivity index (χ1n) is 7.11. The van der Waals surface area contributed by atoms with Crippen molar-refractivity contribution in [3.8, 4) is 5.75 Å². The van der Waals surface area contributed by atoms with Crippen LogP contribution in [-0.4, -0.2) is 30.4 Å². The van der Waals surface area contributed by atoms with E-state index in [1.165, 1.54) is 29.2 Å². The molecule has 0 saturated carbocycles. The van der Waals surface area contributed by atoms with Crippen molar-refractivity contribution in [2.24, 2.45) is 0 Å². The van der Waals surface area contributed by atoms with Gasteiger partial charge in [0.25, 0.3) is 0 Å². The Balaban J connectivity index is 2.57. The lowest BCUT2D eigenvalue weighted by Gasteiger charge is -2.22. The number of halogens is 3. The molecule has 4 nitrogen and oxygen atoms in total. The SMILES string of the molecule is CCC(CC)NC(=O)N(C)Cc1ccc(OC(F)(F)F)cc1. The van der Waals surface area contributed by atoms with Gasteiger partial charge >= 0.3 is 12.4 Å². The van der Waals surface area contributed by atoms with E-state index in [1.807, 2.05) is 13.8 Å². The summed E-state index contributed by atoms with van der Waals surface area (Å²) in [4.78, 5) is 13.5. The molecule has 0 fully saturated rings. The van der Waals surface area contributed by atoms with Gasteiger partial charge in [0.2, 0.25) is 0 Å². The zero-order valence-corrected chi connectivity index (χ0v) is 12.9. The second-order valence-electron chi connectivity index (χ2n) is 5.01. The molecule has 0 spiro atoms. The first kappa shape index (κ1) is 18.1. The maximum atomic E-state index is 12.1. The Morgan fingerprint density at radius 3 is 2.23 bits per heavy atom. The number of urea groups is 1. The van der Waals surface area contributed by atoms with E-state index in [-0.39, 0.29) is 17.8 Å². The number of ether oxygens (including phenoxy) is 1. The number of hydrogen-bond donors (Lipinski definition) is 1. The number of carbonyl (C=O) groups excluding carboxylic acids is 1. The second-order valence-corrected chi connectivity index (χ2v) is 5.01. The summed E-state index contributed by atoms with van der Waals surface area (Å²) < 4.78 is 40.0. The molecule has 0 radical (unpaired) electrons. The zero-order chi connectivity index (χ0) is 16.8. The number of benzene rings is 1. The highest BCUT2D eigenvalue weighted by atomic mass is 19.4. The molecule has 1 aromatic carbocycles. The number of alkyl halides is 3. The molecule has 0 heterocycles. The molecule has 22 heavy (non-hydrogen) atoms. The standard InChI is InChI=1S/C15H21F3N2O2/c1-4-12(5-2)19-14(21)20(3)10-11-6-8-13(9-7-11)22-15(16,17)18/h6-9,12H,4-5,10H2,1-3H3,(H,19,21). The van der Waals surface area contributed by atoms with E-state index in [9.17, 15) is 18.0 Å². The Bertz CT molecular complexity index is 471. The predicted octanol–water partition coefficient (Wildman–Crippen LogP) is 3.92. The minimum absolute atomic E-state index is 0.123. The normalized spacial score (nSPS) is 11.4. The van der Waals surface area contributed by atoms with Crippen LogP contribution in [0.3, 0.4) is 0 Å². The van der Waals surface area contributed by atoms with E-state index in [4.69, 9.17) is 0 Å². The van der Waals surface area contributed by atoms with Gasteiger partial charge in [0.15, 0.2) is 0 Å². The minimum atomic E-state index is -4.70. The molecule has 1 aromatic rings. The molecule has 0 aliphatic carbocycles. The summed E-state index contributed by atoms with van der Waals surface area (Å²) >= 11 is 0. The van der Waals surface area contributed by atoms with Crippen molar-refractivity contribution in [1.82, 2.24) is 10.2 Å². The van der Waals surface area contributed by atoms with Crippen LogP contribution in [0.1, 0.15) is 32.3 Å². The third-order valence-corrected chi connectivity index (χ3v) is 3.24. The molecule has 7 heteroatoms. The van der Waals surface area contributed by atoms with Gasteiger partial charge in [-0.25, -0.2) is 4.79 Å². The molecular formula is C15H21F3N2O2. The number of carbonyl (C=O) groups is 1. The molecule has 124 valence electrons. The minimum Gasteiger partial charge on any atom is -0.406 e. The molecule has 0 aliphatic rings. The van der Waals surface area contributed by atoms with Crippen LogP contribution >= 0.6 is 0 Å². The van der Waals surface area contributed by atoms with Crippen molar-refractivity contribution < 1.29 is 22.7 Å². The molecular weight excluding hydrogens is 297 g/mol. The Morgan fingerprint density at radius 2 is 1.77 bits per heavy atom. The number of hydrogen-bond acceptors (Lipinski definition) is 2. The van der Waals surface area contributed by atoms with Gasteiger partial charge < -0.3 is 15.0 Å². The number of amides is 2. The van der Waals surface area contributed by atoms with Crippen LogP contribution in [0.4, 0.5) is 18.0 Å². The summed E-state index contributed by atoms with van der Waals surface area (Å²) in [6.07, 6.45) is -3.01. The number of rotatable bonds is 6. The molecule has 0 saturated heterocycles. The van der Waals surface area contributed by atoms with Crippen LogP contribution in [-0.2, 0) is 6.54 Å². The topological polar surface area (TPSA) is 41.6 Å². The lowest BCUT2D eigenvalue weighted by Crippen LogP contribution is -2.42. The molecule has 0 aromatic heterocycles. The van der Waals surface area contributed by atoms with Gasteiger partial charge in [-0.2, -0.15) is 0 Å². The fourth-order valence-corrected chi connectivity index (χ4v) is 1.92. The van der Waals surface area contributed by atoms with Crippen LogP contribution < -0.4 is 10.1 Å². The average Bonchev–Trinajstić information content (AvgIpc) is 2.45. The first-order valence-corrected chi connectivity index (χ1v) is 7.11. The summed E-state index contributed by atoms with van der Waals surface area (Å²) in [7, 11) is 1.64. The first-order chi connectivity index (χ1) is 10.2. The smallest absolute Gasteiger partial charge is 0.406 e. The lowest BCUT2D eigenvalue weighted by molar-refractivity contribution is -0.274. The van der Waals surface area contributed by atoms with Gasteiger partial charge in [0.1, 0.15) is 5.75 Å². The molecule has 0 aliphatic heterocycles. The molecule has 0 unspecified atom stereocenters. The van der Waals surface area contributed by atoms with Crippen molar-refractivity contribution in [3.63, 3.8) is 0 Å². The Kier molecular flexibility index (Phi) is 6.52. The van der Waals surface area contributed by atoms with Gasteiger partial charge in [0.05, 0.1) is 0 Å². The molecule has 0 atom stereocenters. The largest absolute Gasteiger partial charge is 0.573 e. The monoisotopic (exact) mass is 318 g/mol. The summed E-state index contributed by atoms with van der Waals surface area (Å²) in [5, 5.41) is 2.89. The second kappa shape index (κ2) is 7.91. The van der Waals surface area contributed by atoms with E-state index >= 15 is 0 Å². The highest BCUT2D eigenvalue weighted by Crippen LogP contribution is 2.22. The Labute approximate surface area is 128 Å². The maximum absolute atomic E-state index is 12.1. The summed E-state index contributed by atoms with van der Waals surface area (Å²) in [6, 6.07) is 5.39. The quantitative estimate of drug-likeness (QED) is 0.864. The van der Waals surface area contributed by atoms with E-state index in [0.29, 0.717) is 6.54 Å². The van der Waals surface area contributed by atoms with Gasteiger partial charge in [-0.05, 0) is 30.5 Å². The van der Waals surface area contributed by atoms with Crippen LogP contribution in [0.5, 0.6) is 5.75 Å². The zero-order valence-electron chi connectivity index (χ0n) is 12.9. The van der Waals surface area contributed by atoms with Crippen LogP contribution in [0, 0.1) is 0 Å². The Hall–Kier alpha value is -1.92. The van der Waals surface area contributed by atoms with Crippen LogP contribution in [0.2, 0.25) is 0 Å². The highest BCUT2D eigenvalue weighted by Gasteiger charge is 2.30. The molecule has 2 amide bonds. The van der Waals surface area contributed by atoms with E-state index in [0.717, 1.165) is 18.4 Å². The average molecular weight is 318 g/mol. The van der Waals surface area contributed by atoms with Crippen molar-refractivity contribution in [1.29, 1.82) is 0 Å². The van der Waals surface area contributed by atoms with Gasteiger partial charge in [-0.3, -0.25) is 0 Å². The van der Waals surface area contributed by atoms with Gasteiger partial charge in [-0.15, -0.1) is 13.2 Å². The summed E-state index contributed by atoms with van der Waals surface area (Å²) in [5.41, 5.74) is 0.719. The van der Waals surface area contributed by atoms with E-state index in [1.54, 1.807) is 7.05 Å². The van der Waals surface area contributed by atoms with Crippen molar-refractivity contribution in [2.75, 3.05) is 7.05 Å². The van der Waals surface area contributed by atoms with Crippen LogP contribution in [0.25, 0.3) is 0 Å². The maximum Gasteiger partial charge on any atom is 0.573 e. The fourth-order valence-electron chi connectivity index (χ4n) is 1.92. The van der Waals surface area contributed by atoms with Gasteiger partial charge in [0, 0.05) is 19.6 Å². The van der Waals surface area contributed by atoms with E-state index < -0.39 is 6.36 Å². The van der Waals surface area contributed by atoms with Crippen molar-refractivity contribution in [2.45, 2.75) is 45.6 Å². The van der Waals surface area contributed by atoms with Crippen molar-refractivity contribution in [3.05, 3.63) is 29.8 Å². The third kappa shape index (κ3) is 6.24. The van der Waals surface area contributed by atoms with Crippen LogP contribution in [0.15, 0.2) is 24.3 Å². The van der Waals surface area contributed by atoms with E-state index in [2.05, 4.69) is 10.1 Å². The highest BCUT2D eigenvalue weighted by molar-refractivity contribution is 5.74. The summed E-state index contributed by atoms with van der Waals surface area (Å²) in [5.74, 6) is -0.277.